The Labute approximate surface area is 110 Å². The Kier molecular flexibility index (Phi) is 4.18. The van der Waals surface area contributed by atoms with Gasteiger partial charge < -0.3 is 11.1 Å². The molecule has 1 aromatic carbocycles. The highest BCUT2D eigenvalue weighted by molar-refractivity contribution is 8.00. The van der Waals surface area contributed by atoms with Gasteiger partial charge in [0, 0.05) is 33.8 Å². The van der Waals surface area contributed by atoms with Gasteiger partial charge in [0.2, 0.25) is 5.91 Å². The molecule has 1 atom stereocenters. The van der Waals surface area contributed by atoms with Crippen LogP contribution in [0.25, 0.3) is 0 Å². The summed E-state index contributed by atoms with van der Waals surface area (Å²) in [5, 5.41) is 3.85. The van der Waals surface area contributed by atoms with Crippen molar-refractivity contribution >= 4 is 35.0 Å². The lowest BCUT2D eigenvalue weighted by Crippen LogP contribution is -2.22. The molecule has 1 aliphatic heterocycles. The zero-order valence-electron chi connectivity index (χ0n) is 9.41. The van der Waals surface area contributed by atoms with E-state index in [9.17, 15) is 4.79 Å². The van der Waals surface area contributed by atoms with E-state index in [1.54, 1.807) is 23.9 Å². The largest absolute Gasteiger partial charge is 0.398 e. The minimum Gasteiger partial charge on any atom is -0.398 e. The number of rotatable bonds is 2. The van der Waals surface area contributed by atoms with Gasteiger partial charge in [0.1, 0.15) is 0 Å². The maximum atomic E-state index is 11.5. The Morgan fingerprint density at radius 3 is 3.12 bits per heavy atom. The fraction of sp³-hybridized carbons (Fsp3) is 0.417. The monoisotopic (exact) mass is 270 g/mol. The van der Waals surface area contributed by atoms with Crippen LogP contribution in [0.4, 0.5) is 5.69 Å². The third-order valence-corrected chi connectivity index (χ3v) is 4.29. The molecular formula is C12H15ClN2OS. The van der Waals surface area contributed by atoms with Gasteiger partial charge in [0.05, 0.1) is 0 Å². The van der Waals surface area contributed by atoms with Crippen LogP contribution in [-0.4, -0.2) is 17.7 Å². The van der Waals surface area contributed by atoms with Crippen molar-refractivity contribution in [1.82, 2.24) is 5.32 Å². The fourth-order valence-electron chi connectivity index (χ4n) is 1.83. The van der Waals surface area contributed by atoms with Gasteiger partial charge in [-0.05, 0) is 31.0 Å². The van der Waals surface area contributed by atoms with Crippen LogP contribution in [0, 0.1) is 0 Å². The molecule has 1 heterocycles. The molecule has 1 unspecified atom stereocenters. The second-order valence-corrected chi connectivity index (χ2v) is 5.90. The normalized spacial score (nSPS) is 20.8. The van der Waals surface area contributed by atoms with Gasteiger partial charge in [0.15, 0.2) is 0 Å². The predicted octanol–water partition coefficient (Wildman–Crippen LogP) is 2.68. The smallest absolute Gasteiger partial charge is 0.221 e. The minimum absolute atomic E-state index is 0.126. The molecule has 1 amide bonds. The van der Waals surface area contributed by atoms with E-state index in [1.807, 2.05) is 6.07 Å². The van der Waals surface area contributed by atoms with E-state index in [4.69, 9.17) is 17.3 Å². The summed E-state index contributed by atoms with van der Waals surface area (Å²) in [7, 11) is 0. The topological polar surface area (TPSA) is 55.1 Å². The number of thioether (sulfide) groups is 1. The number of hydrogen-bond acceptors (Lipinski definition) is 3. The molecule has 2 rings (SSSR count). The van der Waals surface area contributed by atoms with Crippen LogP contribution in [-0.2, 0) is 4.79 Å². The van der Waals surface area contributed by atoms with Crippen molar-refractivity contribution in [2.24, 2.45) is 0 Å². The summed E-state index contributed by atoms with van der Waals surface area (Å²) in [6, 6.07) is 5.45. The molecule has 0 bridgehead atoms. The molecule has 3 nitrogen and oxygen atoms in total. The van der Waals surface area contributed by atoms with Crippen LogP contribution in [0.3, 0.4) is 0 Å². The van der Waals surface area contributed by atoms with Crippen LogP contribution in [0.1, 0.15) is 19.3 Å². The molecule has 1 aliphatic rings. The van der Waals surface area contributed by atoms with Crippen LogP contribution in [0.15, 0.2) is 23.1 Å². The summed E-state index contributed by atoms with van der Waals surface area (Å²) in [6.07, 6.45) is 2.59. The second-order valence-electron chi connectivity index (χ2n) is 4.12. The molecule has 0 radical (unpaired) electrons. The second kappa shape index (κ2) is 5.65. The molecule has 0 aromatic heterocycles. The highest BCUT2D eigenvalue weighted by Crippen LogP contribution is 2.34. The molecule has 5 heteroatoms. The molecular weight excluding hydrogens is 256 g/mol. The van der Waals surface area contributed by atoms with E-state index in [-0.39, 0.29) is 5.91 Å². The maximum Gasteiger partial charge on any atom is 0.221 e. The van der Waals surface area contributed by atoms with Gasteiger partial charge >= 0.3 is 0 Å². The van der Waals surface area contributed by atoms with Crippen molar-refractivity contribution in [3.8, 4) is 0 Å². The number of nitrogens with two attached hydrogens (primary N) is 1. The number of nitrogen functional groups attached to an aromatic ring is 1. The van der Waals surface area contributed by atoms with Crippen molar-refractivity contribution in [2.45, 2.75) is 29.4 Å². The highest BCUT2D eigenvalue weighted by Gasteiger charge is 2.19. The summed E-state index contributed by atoms with van der Waals surface area (Å²) in [5.41, 5.74) is 6.63. The predicted molar refractivity (Wildman–Crippen MR) is 72.4 cm³/mol. The standard InChI is InChI=1S/C12H15ClN2OS/c13-8-3-4-10(14)11(6-8)17-9-2-1-5-15-12(16)7-9/h3-4,6,9H,1-2,5,7,14H2,(H,15,16). The van der Waals surface area contributed by atoms with Crippen LogP contribution >= 0.6 is 23.4 Å². The van der Waals surface area contributed by atoms with Gasteiger partial charge in [-0.3, -0.25) is 4.79 Å². The quantitative estimate of drug-likeness (QED) is 0.813. The van der Waals surface area contributed by atoms with Gasteiger partial charge in [-0.2, -0.15) is 0 Å². The van der Waals surface area contributed by atoms with Crippen molar-refractivity contribution in [1.29, 1.82) is 0 Å². The average Bonchev–Trinajstić information content (AvgIpc) is 2.48. The first-order valence-electron chi connectivity index (χ1n) is 5.63. The number of benzene rings is 1. The van der Waals surface area contributed by atoms with Crippen molar-refractivity contribution in [2.75, 3.05) is 12.3 Å². The van der Waals surface area contributed by atoms with E-state index < -0.39 is 0 Å². The fourth-order valence-corrected chi connectivity index (χ4v) is 3.34. The Morgan fingerprint density at radius 2 is 2.29 bits per heavy atom. The number of carbonyl (C=O) groups is 1. The van der Waals surface area contributed by atoms with Gasteiger partial charge in [0.25, 0.3) is 0 Å². The summed E-state index contributed by atoms with van der Waals surface area (Å²) in [4.78, 5) is 12.4. The molecule has 0 saturated carbocycles. The third-order valence-electron chi connectivity index (χ3n) is 2.71. The minimum atomic E-state index is 0.126. The third kappa shape index (κ3) is 3.54. The first kappa shape index (κ1) is 12.6. The van der Waals surface area contributed by atoms with E-state index in [0.29, 0.717) is 16.7 Å². The summed E-state index contributed by atoms with van der Waals surface area (Å²) in [6.45, 7) is 0.779. The number of anilines is 1. The zero-order valence-corrected chi connectivity index (χ0v) is 11.0. The van der Waals surface area contributed by atoms with Crippen molar-refractivity contribution in [3.63, 3.8) is 0 Å². The van der Waals surface area contributed by atoms with E-state index in [1.165, 1.54) is 0 Å². The Balaban J connectivity index is 2.08. The maximum absolute atomic E-state index is 11.5. The molecule has 1 saturated heterocycles. The Morgan fingerprint density at radius 1 is 1.47 bits per heavy atom. The van der Waals surface area contributed by atoms with E-state index in [2.05, 4.69) is 5.32 Å². The molecule has 0 aliphatic carbocycles. The molecule has 17 heavy (non-hydrogen) atoms. The molecule has 1 fully saturated rings. The van der Waals surface area contributed by atoms with Gasteiger partial charge in [-0.1, -0.05) is 11.6 Å². The lowest BCUT2D eigenvalue weighted by atomic mass is 10.2. The summed E-state index contributed by atoms with van der Waals surface area (Å²) >= 11 is 7.60. The average molecular weight is 271 g/mol. The summed E-state index contributed by atoms with van der Waals surface area (Å²) < 4.78 is 0. The van der Waals surface area contributed by atoms with Gasteiger partial charge in [-0.15, -0.1) is 11.8 Å². The summed E-state index contributed by atoms with van der Waals surface area (Å²) in [5.74, 6) is 0.126. The molecule has 3 N–H and O–H groups in total. The van der Waals surface area contributed by atoms with Gasteiger partial charge in [-0.25, -0.2) is 0 Å². The number of carbonyl (C=O) groups excluding carboxylic acids is 1. The lowest BCUT2D eigenvalue weighted by molar-refractivity contribution is -0.120. The SMILES string of the molecule is Nc1ccc(Cl)cc1SC1CCCNC(=O)C1. The number of hydrogen-bond donors (Lipinski definition) is 2. The van der Waals surface area contributed by atoms with Crippen molar-refractivity contribution in [3.05, 3.63) is 23.2 Å². The zero-order chi connectivity index (χ0) is 12.3. The molecule has 92 valence electrons. The molecule has 1 aromatic rings. The first-order valence-corrected chi connectivity index (χ1v) is 6.89. The molecule has 0 spiro atoms. The van der Waals surface area contributed by atoms with E-state index in [0.717, 1.165) is 30.0 Å². The van der Waals surface area contributed by atoms with Crippen LogP contribution in [0.5, 0.6) is 0 Å². The van der Waals surface area contributed by atoms with Crippen molar-refractivity contribution < 1.29 is 4.79 Å². The van der Waals surface area contributed by atoms with Crippen LogP contribution in [0.2, 0.25) is 5.02 Å². The number of halogens is 1. The van der Waals surface area contributed by atoms with Crippen LogP contribution < -0.4 is 11.1 Å². The lowest BCUT2D eigenvalue weighted by Gasteiger charge is -2.14. The highest BCUT2D eigenvalue weighted by atomic mass is 35.5. The Hall–Kier alpha value is -0.870. The Bertz CT molecular complexity index is 425. The first-order chi connectivity index (χ1) is 8.15. The number of nitrogens with one attached hydrogen (secondary N) is 1. The van der Waals surface area contributed by atoms with E-state index >= 15 is 0 Å². The number of amides is 1.